The number of aryl methyl sites for hydroxylation is 1. The molecule has 2 aromatic rings. The molecule has 0 atom stereocenters. The van der Waals surface area contributed by atoms with Gasteiger partial charge in [0.15, 0.2) is 0 Å². The van der Waals surface area contributed by atoms with Crippen molar-refractivity contribution in [2.75, 3.05) is 5.32 Å². The van der Waals surface area contributed by atoms with Gasteiger partial charge in [0.25, 0.3) is 0 Å². The molecule has 0 aliphatic rings. The normalized spacial score (nSPS) is 10.4. The van der Waals surface area contributed by atoms with Gasteiger partial charge >= 0.3 is 0 Å². The van der Waals surface area contributed by atoms with E-state index in [4.69, 9.17) is 11.6 Å². The zero-order valence-electron chi connectivity index (χ0n) is 8.63. The number of nitrogens with zero attached hydrogens (tertiary/aromatic N) is 1. The highest BCUT2D eigenvalue weighted by atomic mass is 79.9. The van der Waals surface area contributed by atoms with Crippen molar-refractivity contribution in [3.8, 4) is 0 Å². The first-order chi connectivity index (χ1) is 7.65. The van der Waals surface area contributed by atoms with Gasteiger partial charge in [0, 0.05) is 9.35 Å². The molecule has 2 aromatic heterocycles. The molecular formula is C11H10BrClN2S. The number of nitrogens with one attached hydrogen (secondary N) is 1. The summed E-state index contributed by atoms with van der Waals surface area (Å²) in [6, 6.07) is 7.87. The van der Waals surface area contributed by atoms with Crippen molar-refractivity contribution in [3.63, 3.8) is 0 Å². The Morgan fingerprint density at radius 3 is 2.81 bits per heavy atom. The molecule has 16 heavy (non-hydrogen) atoms. The molecule has 0 aliphatic heterocycles. The lowest BCUT2D eigenvalue weighted by Crippen LogP contribution is -2.00. The van der Waals surface area contributed by atoms with E-state index in [9.17, 15) is 0 Å². The molecule has 2 nitrogen and oxygen atoms in total. The van der Waals surface area contributed by atoms with Crippen LogP contribution < -0.4 is 5.32 Å². The minimum absolute atomic E-state index is 0.755. The minimum Gasteiger partial charge on any atom is -0.365 e. The summed E-state index contributed by atoms with van der Waals surface area (Å²) in [6.07, 6.45) is 0. The fourth-order valence-corrected chi connectivity index (χ4v) is 2.52. The first-order valence-electron chi connectivity index (χ1n) is 4.76. The van der Waals surface area contributed by atoms with Crippen LogP contribution in [-0.4, -0.2) is 4.98 Å². The van der Waals surface area contributed by atoms with E-state index in [1.54, 1.807) is 11.3 Å². The molecule has 2 rings (SSSR count). The first-order valence-corrected chi connectivity index (χ1v) is 6.75. The van der Waals surface area contributed by atoms with Gasteiger partial charge in [0.2, 0.25) is 0 Å². The lowest BCUT2D eigenvalue weighted by molar-refractivity contribution is 1.10. The smallest absolute Gasteiger partial charge is 0.126 e. The summed E-state index contributed by atoms with van der Waals surface area (Å²) in [4.78, 5) is 5.61. The minimum atomic E-state index is 0.755. The Kier molecular flexibility index (Phi) is 3.84. The van der Waals surface area contributed by atoms with Crippen molar-refractivity contribution < 1.29 is 0 Å². The Hall–Kier alpha value is -0.580. The summed E-state index contributed by atoms with van der Waals surface area (Å²) in [6.45, 7) is 2.72. The SMILES string of the molecule is Cc1nc(NCc2ccc(Cl)s2)ccc1Br. The number of pyridine rings is 1. The molecule has 0 fully saturated rings. The highest BCUT2D eigenvalue weighted by molar-refractivity contribution is 9.10. The summed E-state index contributed by atoms with van der Waals surface area (Å²) in [7, 11) is 0. The van der Waals surface area contributed by atoms with Gasteiger partial charge in [-0.3, -0.25) is 0 Å². The van der Waals surface area contributed by atoms with Crippen LogP contribution in [0.4, 0.5) is 5.82 Å². The topological polar surface area (TPSA) is 24.9 Å². The van der Waals surface area contributed by atoms with Crippen LogP contribution in [0.2, 0.25) is 4.34 Å². The molecule has 2 heterocycles. The average Bonchev–Trinajstić information content (AvgIpc) is 2.66. The Bertz CT molecular complexity index is 498. The van der Waals surface area contributed by atoms with Crippen molar-refractivity contribution in [1.29, 1.82) is 0 Å². The second-order valence-corrected chi connectivity index (χ2v) is 5.98. The molecule has 84 valence electrons. The molecule has 1 N–H and O–H groups in total. The molecule has 0 spiro atoms. The van der Waals surface area contributed by atoms with Gasteiger partial charge < -0.3 is 5.32 Å². The van der Waals surface area contributed by atoms with E-state index in [0.717, 1.165) is 26.9 Å². The van der Waals surface area contributed by atoms with Crippen molar-refractivity contribution in [3.05, 3.63) is 43.6 Å². The zero-order valence-corrected chi connectivity index (χ0v) is 11.8. The van der Waals surface area contributed by atoms with Crippen LogP contribution >= 0.6 is 38.9 Å². The van der Waals surface area contributed by atoms with E-state index in [-0.39, 0.29) is 0 Å². The van der Waals surface area contributed by atoms with Crippen LogP contribution in [0.5, 0.6) is 0 Å². The summed E-state index contributed by atoms with van der Waals surface area (Å²) in [5.41, 5.74) is 0.981. The predicted molar refractivity (Wildman–Crippen MR) is 73.3 cm³/mol. The molecule has 0 unspecified atom stereocenters. The maximum Gasteiger partial charge on any atom is 0.126 e. The molecular weight excluding hydrogens is 308 g/mol. The van der Waals surface area contributed by atoms with E-state index < -0.39 is 0 Å². The third kappa shape index (κ3) is 2.97. The molecule has 0 aliphatic carbocycles. The maximum absolute atomic E-state index is 5.86. The van der Waals surface area contributed by atoms with Crippen molar-refractivity contribution >= 4 is 44.7 Å². The van der Waals surface area contributed by atoms with Gasteiger partial charge in [-0.25, -0.2) is 4.98 Å². The highest BCUT2D eigenvalue weighted by Gasteiger charge is 2.00. The number of halogens is 2. The lowest BCUT2D eigenvalue weighted by atomic mass is 10.3. The van der Waals surface area contributed by atoms with Crippen LogP contribution in [0.3, 0.4) is 0 Å². The van der Waals surface area contributed by atoms with Gasteiger partial charge in [0.05, 0.1) is 16.6 Å². The summed E-state index contributed by atoms with van der Waals surface area (Å²) in [5.74, 6) is 0.880. The van der Waals surface area contributed by atoms with E-state index >= 15 is 0 Å². The van der Waals surface area contributed by atoms with E-state index in [1.165, 1.54) is 4.88 Å². The number of aromatic nitrogens is 1. The van der Waals surface area contributed by atoms with Crippen LogP contribution in [0.25, 0.3) is 0 Å². The second kappa shape index (κ2) is 5.17. The fraction of sp³-hybridized carbons (Fsp3) is 0.182. The zero-order chi connectivity index (χ0) is 11.5. The number of hydrogen-bond donors (Lipinski definition) is 1. The maximum atomic E-state index is 5.86. The van der Waals surface area contributed by atoms with Crippen LogP contribution in [0.1, 0.15) is 10.6 Å². The third-order valence-electron chi connectivity index (χ3n) is 2.09. The van der Waals surface area contributed by atoms with Crippen LogP contribution in [0, 0.1) is 6.92 Å². The standard InChI is InChI=1S/C11H10BrClN2S/c1-7-9(12)3-5-11(15-7)14-6-8-2-4-10(13)16-8/h2-5H,6H2,1H3,(H,14,15). The molecule has 0 saturated carbocycles. The monoisotopic (exact) mass is 316 g/mol. The Balaban J connectivity index is 2.02. The second-order valence-electron chi connectivity index (χ2n) is 3.32. The molecule has 0 radical (unpaired) electrons. The van der Waals surface area contributed by atoms with Crippen molar-refractivity contribution in [1.82, 2.24) is 4.98 Å². The fourth-order valence-electron chi connectivity index (χ4n) is 1.27. The predicted octanol–water partition coefficient (Wildman–Crippen LogP) is 4.48. The number of hydrogen-bond acceptors (Lipinski definition) is 3. The van der Waals surface area contributed by atoms with Gasteiger partial charge in [-0.1, -0.05) is 11.6 Å². The largest absolute Gasteiger partial charge is 0.365 e. The van der Waals surface area contributed by atoms with Crippen LogP contribution in [0.15, 0.2) is 28.7 Å². The van der Waals surface area contributed by atoms with Crippen LogP contribution in [-0.2, 0) is 6.54 Å². The number of rotatable bonds is 3. The molecule has 0 amide bonds. The Labute approximate surface area is 112 Å². The highest BCUT2D eigenvalue weighted by Crippen LogP contribution is 2.22. The quantitative estimate of drug-likeness (QED) is 0.903. The van der Waals surface area contributed by atoms with Crippen molar-refractivity contribution in [2.45, 2.75) is 13.5 Å². The Morgan fingerprint density at radius 1 is 1.38 bits per heavy atom. The lowest BCUT2D eigenvalue weighted by Gasteiger charge is -2.05. The summed E-state index contributed by atoms with van der Waals surface area (Å²) >= 11 is 10.9. The third-order valence-corrected chi connectivity index (χ3v) is 4.16. The molecule has 0 aromatic carbocycles. The number of anilines is 1. The van der Waals surface area contributed by atoms with E-state index in [2.05, 4.69) is 26.2 Å². The Morgan fingerprint density at radius 2 is 2.19 bits per heavy atom. The molecule has 5 heteroatoms. The average molecular weight is 318 g/mol. The molecule has 0 saturated heterocycles. The molecule has 0 bridgehead atoms. The van der Waals surface area contributed by atoms with E-state index in [0.29, 0.717) is 0 Å². The number of thiophene rings is 1. The van der Waals surface area contributed by atoms with E-state index in [1.807, 2.05) is 31.2 Å². The van der Waals surface area contributed by atoms with Gasteiger partial charge in [-0.2, -0.15) is 0 Å². The van der Waals surface area contributed by atoms with Crippen molar-refractivity contribution in [2.24, 2.45) is 0 Å². The summed E-state index contributed by atoms with van der Waals surface area (Å²) in [5, 5.41) is 3.26. The van der Waals surface area contributed by atoms with Gasteiger partial charge in [-0.05, 0) is 47.1 Å². The van der Waals surface area contributed by atoms with Gasteiger partial charge in [0.1, 0.15) is 5.82 Å². The first kappa shape index (κ1) is 11.9. The summed E-state index contributed by atoms with van der Waals surface area (Å²) < 4.78 is 1.84. The van der Waals surface area contributed by atoms with Gasteiger partial charge in [-0.15, -0.1) is 11.3 Å².